The van der Waals surface area contributed by atoms with Crippen LogP contribution in [0.25, 0.3) is 10.9 Å². The summed E-state index contributed by atoms with van der Waals surface area (Å²) < 4.78 is 11.7. The molecule has 32 heavy (non-hydrogen) atoms. The molecule has 4 rings (SSSR count). The number of fused-ring (bicyclic) bond motifs is 1. The molecule has 2 aromatic carbocycles. The van der Waals surface area contributed by atoms with E-state index in [1.165, 1.54) is 0 Å². The van der Waals surface area contributed by atoms with Crippen LogP contribution in [-0.2, 0) is 4.79 Å². The molecule has 0 bridgehead atoms. The van der Waals surface area contributed by atoms with Crippen LogP contribution in [0, 0.1) is 6.92 Å². The maximum absolute atomic E-state index is 11.8. The van der Waals surface area contributed by atoms with Gasteiger partial charge in [0.2, 0.25) is 0 Å². The van der Waals surface area contributed by atoms with Gasteiger partial charge < -0.3 is 25.2 Å². The van der Waals surface area contributed by atoms with E-state index in [0.717, 1.165) is 22.3 Å². The fourth-order valence-corrected chi connectivity index (χ4v) is 3.68. The van der Waals surface area contributed by atoms with Crippen molar-refractivity contribution in [3.05, 3.63) is 77.1 Å². The molecule has 8 nitrogen and oxygen atoms in total. The van der Waals surface area contributed by atoms with Gasteiger partial charge in [-0.05, 0) is 43.7 Å². The minimum absolute atomic E-state index is 0.103. The van der Waals surface area contributed by atoms with Crippen molar-refractivity contribution in [3.63, 3.8) is 0 Å². The summed E-state index contributed by atoms with van der Waals surface area (Å²) in [5, 5.41) is 15.6. The van der Waals surface area contributed by atoms with Crippen molar-refractivity contribution in [2.45, 2.75) is 19.9 Å². The zero-order valence-electron chi connectivity index (χ0n) is 17.7. The molecule has 0 aliphatic carbocycles. The normalized spacial score (nSPS) is 15.8. The Balaban J connectivity index is 1.38. The SMILES string of the molecule is CC1=C(C(=O)O)C(c2ccc(OCCOc3cc(C)nc4ccccc34)cc2)NC(=O)N1. The molecule has 0 spiro atoms. The summed E-state index contributed by atoms with van der Waals surface area (Å²) in [4.78, 5) is 27.9. The van der Waals surface area contributed by atoms with Crippen LogP contribution in [0.4, 0.5) is 4.79 Å². The van der Waals surface area contributed by atoms with E-state index < -0.39 is 18.0 Å². The number of pyridine rings is 1. The van der Waals surface area contributed by atoms with Crippen molar-refractivity contribution in [1.82, 2.24) is 15.6 Å². The lowest BCUT2D eigenvalue weighted by atomic mass is 9.95. The number of carbonyl (C=O) groups is 2. The number of allylic oxidation sites excluding steroid dienone is 1. The van der Waals surface area contributed by atoms with Crippen molar-refractivity contribution in [2.24, 2.45) is 0 Å². The molecule has 164 valence electrons. The number of urea groups is 1. The van der Waals surface area contributed by atoms with E-state index in [-0.39, 0.29) is 5.57 Å². The molecule has 1 aliphatic rings. The maximum Gasteiger partial charge on any atom is 0.335 e. The molecule has 0 saturated heterocycles. The van der Waals surface area contributed by atoms with Gasteiger partial charge in [-0.25, -0.2) is 9.59 Å². The highest BCUT2D eigenvalue weighted by Gasteiger charge is 2.30. The van der Waals surface area contributed by atoms with Crippen LogP contribution in [0.2, 0.25) is 0 Å². The summed E-state index contributed by atoms with van der Waals surface area (Å²) in [7, 11) is 0. The number of aromatic nitrogens is 1. The number of nitrogens with one attached hydrogen (secondary N) is 2. The number of para-hydroxylation sites is 1. The zero-order valence-corrected chi connectivity index (χ0v) is 17.7. The molecule has 0 saturated carbocycles. The first-order chi connectivity index (χ1) is 15.4. The van der Waals surface area contributed by atoms with Gasteiger partial charge in [0.15, 0.2) is 0 Å². The minimum atomic E-state index is -1.09. The molecule has 1 aromatic heterocycles. The van der Waals surface area contributed by atoms with Crippen LogP contribution in [0.15, 0.2) is 65.9 Å². The fourth-order valence-electron chi connectivity index (χ4n) is 3.68. The number of aryl methyl sites for hydroxylation is 1. The van der Waals surface area contributed by atoms with E-state index >= 15 is 0 Å². The lowest BCUT2D eigenvalue weighted by molar-refractivity contribution is -0.133. The third kappa shape index (κ3) is 4.49. The van der Waals surface area contributed by atoms with Gasteiger partial charge in [0.05, 0.1) is 17.1 Å². The van der Waals surface area contributed by atoms with E-state index in [2.05, 4.69) is 15.6 Å². The van der Waals surface area contributed by atoms with Gasteiger partial charge in [-0.3, -0.25) is 4.98 Å². The predicted molar refractivity (Wildman–Crippen MR) is 119 cm³/mol. The number of rotatable bonds is 7. The molecular formula is C24H23N3O5. The Bertz CT molecular complexity index is 1200. The van der Waals surface area contributed by atoms with Gasteiger partial charge in [-0.2, -0.15) is 0 Å². The highest BCUT2D eigenvalue weighted by Crippen LogP contribution is 2.28. The second-order valence-electron chi connectivity index (χ2n) is 7.42. The quantitative estimate of drug-likeness (QED) is 0.490. The molecule has 1 unspecified atom stereocenters. The standard InChI is InChI=1S/C24H23N3O5/c1-14-13-20(18-5-3-4-6-19(18)25-14)32-12-11-31-17-9-7-16(8-10-17)22-21(23(28)29)15(2)26-24(30)27-22/h3-10,13,22H,11-12H2,1-2H3,(H,28,29)(H2,26,27,30). The average Bonchev–Trinajstić information content (AvgIpc) is 2.76. The van der Waals surface area contributed by atoms with Crippen molar-refractivity contribution in [2.75, 3.05) is 13.2 Å². The van der Waals surface area contributed by atoms with Gasteiger partial charge in [-0.15, -0.1) is 0 Å². The fraction of sp³-hybridized carbons (Fsp3) is 0.208. The number of carboxylic acids is 1. The second-order valence-corrected chi connectivity index (χ2v) is 7.42. The third-order valence-corrected chi connectivity index (χ3v) is 5.13. The van der Waals surface area contributed by atoms with Gasteiger partial charge in [0.25, 0.3) is 0 Å². The largest absolute Gasteiger partial charge is 0.490 e. The Labute approximate surface area is 184 Å². The van der Waals surface area contributed by atoms with Crippen LogP contribution in [0.1, 0.15) is 24.2 Å². The molecule has 2 heterocycles. The van der Waals surface area contributed by atoms with Crippen LogP contribution >= 0.6 is 0 Å². The first-order valence-corrected chi connectivity index (χ1v) is 10.2. The highest BCUT2D eigenvalue weighted by molar-refractivity contribution is 5.93. The molecule has 1 aliphatic heterocycles. The molecule has 3 N–H and O–H groups in total. The van der Waals surface area contributed by atoms with E-state index in [0.29, 0.717) is 30.2 Å². The number of carbonyl (C=O) groups excluding carboxylic acids is 1. The van der Waals surface area contributed by atoms with E-state index in [9.17, 15) is 14.7 Å². The molecule has 0 fully saturated rings. The number of ether oxygens (including phenoxy) is 2. The summed E-state index contributed by atoms with van der Waals surface area (Å²) in [6, 6.07) is 15.5. The number of amides is 2. The lowest BCUT2D eigenvalue weighted by Gasteiger charge is -2.27. The number of carboxylic acid groups (broad SMARTS) is 1. The first-order valence-electron chi connectivity index (χ1n) is 10.2. The maximum atomic E-state index is 11.8. The summed E-state index contributed by atoms with van der Waals surface area (Å²) in [6.45, 7) is 4.18. The van der Waals surface area contributed by atoms with Gasteiger partial charge in [-0.1, -0.05) is 24.3 Å². The molecule has 2 amide bonds. The van der Waals surface area contributed by atoms with Crippen molar-refractivity contribution in [3.8, 4) is 11.5 Å². The predicted octanol–water partition coefficient (Wildman–Crippen LogP) is 3.71. The van der Waals surface area contributed by atoms with E-state index in [1.54, 1.807) is 31.2 Å². The van der Waals surface area contributed by atoms with Crippen LogP contribution in [-0.4, -0.2) is 35.3 Å². The summed E-state index contributed by atoms with van der Waals surface area (Å²) in [5.41, 5.74) is 2.84. The first kappa shape index (κ1) is 21.2. The number of aliphatic carboxylic acids is 1. The molecule has 1 atom stereocenters. The van der Waals surface area contributed by atoms with Gasteiger partial charge >= 0.3 is 12.0 Å². The molecule has 0 radical (unpaired) electrons. The second kappa shape index (κ2) is 8.97. The Morgan fingerprint density at radius 3 is 2.53 bits per heavy atom. The zero-order chi connectivity index (χ0) is 22.7. The van der Waals surface area contributed by atoms with Crippen LogP contribution in [0.5, 0.6) is 11.5 Å². The lowest BCUT2D eigenvalue weighted by Crippen LogP contribution is -2.45. The molecule has 3 aromatic rings. The molecular weight excluding hydrogens is 410 g/mol. The Morgan fingerprint density at radius 2 is 1.78 bits per heavy atom. The Kier molecular flexibility index (Phi) is 5.93. The van der Waals surface area contributed by atoms with Crippen molar-refractivity contribution >= 4 is 22.9 Å². The van der Waals surface area contributed by atoms with E-state index in [4.69, 9.17) is 9.47 Å². The van der Waals surface area contributed by atoms with Gasteiger partial charge in [0.1, 0.15) is 24.7 Å². The molecule has 8 heteroatoms. The van der Waals surface area contributed by atoms with Crippen molar-refractivity contribution < 1.29 is 24.2 Å². The Hall–Kier alpha value is -4.07. The van der Waals surface area contributed by atoms with Crippen molar-refractivity contribution in [1.29, 1.82) is 0 Å². The average molecular weight is 433 g/mol. The number of hydrogen-bond donors (Lipinski definition) is 3. The van der Waals surface area contributed by atoms with Crippen LogP contribution in [0.3, 0.4) is 0 Å². The third-order valence-electron chi connectivity index (χ3n) is 5.13. The Morgan fingerprint density at radius 1 is 1.06 bits per heavy atom. The summed E-state index contributed by atoms with van der Waals surface area (Å²) in [5.74, 6) is 0.291. The smallest absolute Gasteiger partial charge is 0.335 e. The summed E-state index contributed by atoms with van der Waals surface area (Å²) >= 11 is 0. The number of hydrogen-bond acceptors (Lipinski definition) is 5. The summed E-state index contributed by atoms with van der Waals surface area (Å²) in [6.07, 6.45) is 0. The monoisotopic (exact) mass is 433 g/mol. The number of nitrogens with zero attached hydrogens (tertiary/aromatic N) is 1. The van der Waals surface area contributed by atoms with Gasteiger partial charge in [0, 0.05) is 22.8 Å². The number of benzene rings is 2. The van der Waals surface area contributed by atoms with E-state index in [1.807, 2.05) is 37.3 Å². The highest BCUT2D eigenvalue weighted by atomic mass is 16.5. The topological polar surface area (TPSA) is 110 Å². The van der Waals surface area contributed by atoms with Crippen LogP contribution < -0.4 is 20.1 Å². The minimum Gasteiger partial charge on any atom is -0.490 e.